The first-order valence-corrected chi connectivity index (χ1v) is 13.8. The Morgan fingerprint density at radius 3 is 2.57 bits per heavy atom. The molecule has 4 aromatic rings. The molecule has 2 aromatic heterocycles. The average molecular weight is 514 g/mol. The lowest BCUT2D eigenvalue weighted by Crippen LogP contribution is -2.44. The van der Waals surface area contributed by atoms with Crippen LogP contribution >= 0.6 is 11.3 Å². The Morgan fingerprint density at radius 2 is 1.81 bits per heavy atom. The number of carbonyl (C=O) groups excluding carboxylic acids is 1. The number of anilines is 1. The highest BCUT2D eigenvalue weighted by Crippen LogP contribution is 2.31. The molecule has 2 saturated heterocycles. The van der Waals surface area contributed by atoms with Crippen LogP contribution in [-0.2, 0) is 11.3 Å². The Morgan fingerprint density at radius 1 is 1.00 bits per heavy atom. The van der Waals surface area contributed by atoms with Crippen molar-refractivity contribution in [3.63, 3.8) is 0 Å². The highest BCUT2D eigenvalue weighted by Gasteiger charge is 2.22. The van der Waals surface area contributed by atoms with Crippen molar-refractivity contribution in [2.24, 2.45) is 0 Å². The van der Waals surface area contributed by atoms with Crippen LogP contribution in [0, 0.1) is 0 Å². The summed E-state index contributed by atoms with van der Waals surface area (Å²) in [6.45, 7) is 6.17. The number of fused-ring (bicyclic) bond motifs is 1. The number of thiazole rings is 1. The van der Waals surface area contributed by atoms with Crippen molar-refractivity contribution in [2.75, 3.05) is 44.3 Å². The van der Waals surface area contributed by atoms with Crippen LogP contribution in [0.5, 0.6) is 0 Å². The number of hydrogen-bond acceptors (Lipinski definition) is 7. The molecule has 8 heteroatoms. The van der Waals surface area contributed by atoms with Gasteiger partial charge in [0.05, 0.1) is 23.4 Å². The van der Waals surface area contributed by atoms with E-state index in [4.69, 9.17) is 9.72 Å². The van der Waals surface area contributed by atoms with E-state index in [1.807, 2.05) is 24.4 Å². The zero-order chi connectivity index (χ0) is 25.0. The number of likely N-dealkylation sites (tertiary alicyclic amines) is 1. The van der Waals surface area contributed by atoms with E-state index < -0.39 is 0 Å². The van der Waals surface area contributed by atoms with Crippen LogP contribution in [0.4, 0.5) is 5.82 Å². The Balaban J connectivity index is 1.07. The molecule has 0 bridgehead atoms. The molecular weight excluding hydrogens is 482 g/mol. The number of pyridine rings is 1. The van der Waals surface area contributed by atoms with Crippen molar-refractivity contribution in [3.05, 3.63) is 78.0 Å². The third-order valence-electron chi connectivity index (χ3n) is 7.15. The number of ether oxygens (including phenoxy) is 1. The van der Waals surface area contributed by atoms with Gasteiger partial charge in [-0.05, 0) is 48.7 Å². The first kappa shape index (κ1) is 24.0. The summed E-state index contributed by atoms with van der Waals surface area (Å²) < 4.78 is 6.44. The zero-order valence-electron chi connectivity index (χ0n) is 20.8. The average Bonchev–Trinajstić information content (AvgIpc) is 3.39. The first-order chi connectivity index (χ1) is 18.2. The molecule has 2 fully saturated rings. The van der Waals surface area contributed by atoms with E-state index in [1.54, 1.807) is 11.3 Å². The number of aromatic nitrogens is 2. The van der Waals surface area contributed by atoms with E-state index in [0.29, 0.717) is 5.56 Å². The number of rotatable bonds is 6. The zero-order valence-corrected chi connectivity index (χ0v) is 21.6. The van der Waals surface area contributed by atoms with Crippen LogP contribution in [0.1, 0.15) is 28.8 Å². The third-order valence-corrected chi connectivity index (χ3v) is 8.22. The lowest BCUT2D eigenvalue weighted by Gasteiger charge is -2.32. The van der Waals surface area contributed by atoms with Crippen molar-refractivity contribution in [1.82, 2.24) is 20.2 Å². The summed E-state index contributed by atoms with van der Waals surface area (Å²) in [6.07, 6.45) is 3.83. The molecule has 2 aliphatic heterocycles. The van der Waals surface area contributed by atoms with Gasteiger partial charge in [-0.2, -0.15) is 0 Å². The number of piperidine rings is 1. The van der Waals surface area contributed by atoms with Gasteiger partial charge < -0.3 is 15.0 Å². The fourth-order valence-corrected chi connectivity index (χ4v) is 6.02. The maximum absolute atomic E-state index is 13.0. The lowest BCUT2D eigenvalue weighted by molar-refractivity contribution is 0.0909. The minimum atomic E-state index is -0.00473. The van der Waals surface area contributed by atoms with Gasteiger partial charge in [-0.15, -0.1) is 11.3 Å². The molecule has 6 rings (SSSR count). The van der Waals surface area contributed by atoms with E-state index in [2.05, 4.69) is 62.6 Å². The summed E-state index contributed by atoms with van der Waals surface area (Å²) in [7, 11) is 0. The molecule has 0 saturated carbocycles. The van der Waals surface area contributed by atoms with E-state index in [-0.39, 0.29) is 11.9 Å². The van der Waals surface area contributed by atoms with Crippen molar-refractivity contribution >= 4 is 33.3 Å². The summed E-state index contributed by atoms with van der Waals surface area (Å²) in [5.41, 5.74) is 3.93. The van der Waals surface area contributed by atoms with Gasteiger partial charge in [0, 0.05) is 56.1 Å². The molecule has 1 amide bonds. The summed E-state index contributed by atoms with van der Waals surface area (Å²) in [5.74, 6) is 0.966. The standard InChI is InChI=1S/C29H31N5O2S/c35-28(31-24-10-12-33(13-11-24)20-21-4-2-1-3-5-21)22-6-8-25-26(18-22)37-29(32-25)23-7-9-27(30-19-23)34-14-16-36-17-15-34/h1-9,18-19,24H,10-17,20H2,(H,31,35). The van der Waals surface area contributed by atoms with Crippen molar-refractivity contribution in [3.8, 4) is 10.6 Å². The molecule has 7 nitrogen and oxygen atoms in total. The van der Waals surface area contributed by atoms with E-state index >= 15 is 0 Å². The summed E-state index contributed by atoms with van der Waals surface area (Å²) in [5, 5.41) is 4.17. The number of benzene rings is 2. The van der Waals surface area contributed by atoms with E-state index in [0.717, 1.165) is 85.4 Å². The summed E-state index contributed by atoms with van der Waals surface area (Å²) >= 11 is 1.60. The molecule has 0 atom stereocenters. The number of amides is 1. The Bertz CT molecular complexity index is 1340. The number of morpholine rings is 1. The monoisotopic (exact) mass is 513 g/mol. The second kappa shape index (κ2) is 11.0. The molecule has 1 N–H and O–H groups in total. The summed E-state index contributed by atoms with van der Waals surface area (Å²) in [6, 6.07) is 20.7. The van der Waals surface area contributed by atoms with Gasteiger partial charge >= 0.3 is 0 Å². The predicted molar refractivity (Wildman–Crippen MR) is 148 cm³/mol. The largest absolute Gasteiger partial charge is 0.378 e. The minimum Gasteiger partial charge on any atom is -0.378 e. The van der Waals surface area contributed by atoms with E-state index in [1.165, 1.54) is 5.56 Å². The van der Waals surface area contributed by atoms with Crippen LogP contribution in [0.2, 0.25) is 0 Å². The molecule has 37 heavy (non-hydrogen) atoms. The van der Waals surface area contributed by atoms with Crippen LogP contribution in [0.15, 0.2) is 66.9 Å². The minimum absolute atomic E-state index is 0.00473. The maximum Gasteiger partial charge on any atom is 0.251 e. The number of carbonyl (C=O) groups is 1. The van der Waals surface area contributed by atoms with Gasteiger partial charge in [0.2, 0.25) is 0 Å². The smallest absolute Gasteiger partial charge is 0.251 e. The van der Waals surface area contributed by atoms with Gasteiger partial charge in [0.1, 0.15) is 10.8 Å². The fraction of sp³-hybridized carbons (Fsp3) is 0.345. The van der Waals surface area contributed by atoms with Gasteiger partial charge in [0.25, 0.3) is 5.91 Å². The molecule has 0 aliphatic carbocycles. The highest BCUT2D eigenvalue weighted by atomic mass is 32.1. The Labute approximate surface area is 221 Å². The Hall–Kier alpha value is -3.33. The molecule has 4 heterocycles. The fourth-order valence-electron chi connectivity index (χ4n) is 5.03. The van der Waals surface area contributed by atoms with Crippen LogP contribution in [0.25, 0.3) is 20.8 Å². The van der Waals surface area contributed by atoms with Gasteiger partial charge in [0.15, 0.2) is 0 Å². The molecule has 0 radical (unpaired) electrons. The molecule has 0 unspecified atom stereocenters. The molecule has 0 spiro atoms. The van der Waals surface area contributed by atoms with Crippen LogP contribution in [-0.4, -0.2) is 66.2 Å². The van der Waals surface area contributed by atoms with Crippen LogP contribution in [0.3, 0.4) is 0 Å². The van der Waals surface area contributed by atoms with E-state index in [9.17, 15) is 4.79 Å². The van der Waals surface area contributed by atoms with Crippen molar-refractivity contribution in [1.29, 1.82) is 0 Å². The summed E-state index contributed by atoms with van der Waals surface area (Å²) in [4.78, 5) is 27.2. The molecule has 2 aromatic carbocycles. The van der Waals surface area contributed by atoms with Crippen molar-refractivity contribution < 1.29 is 9.53 Å². The predicted octanol–water partition coefficient (Wildman–Crippen LogP) is 4.59. The molecular formula is C29H31N5O2S. The number of nitrogens with one attached hydrogen (secondary N) is 1. The molecule has 190 valence electrons. The topological polar surface area (TPSA) is 70.6 Å². The second-order valence-electron chi connectivity index (χ2n) is 9.72. The second-order valence-corrected chi connectivity index (χ2v) is 10.7. The number of nitrogens with zero attached hydrogens (tertiary/aromatic N) is 4. The Kier molecular flexibility index (Phi) is 7.12. The van der Waals surface area contributed by atoms with Crippen LogP contribution < -0.4 is 10.2 Å². The number of hydrogen-bond donors (Lipinski definition) is 1. The first-order valence-electron chi connectivity index (χ1n) is 13.0. The third kappa shape index (κ3) is 5.66. The lowest BCUT2D eigenvalue weighted by atomic mass is 10.0. The normalized spacial score (nSPS) is 17.2. The van der Waals surface area contributed by atoms with Gasteiger partial charge in [-0.3, -0.25) is 9.69 Å². The quantitative estimate of drug-likeness (QED) is 0.407. The molecule has 2 aliphatic rings. The maximum atomic E-state index is 13.0. The van der Waals surface area contributed by atoms with Gasteiger partial charge in [-0.1, -0.05) is 30.3 Å². The SMILES string of the molecule is O=C(NC1CCN(Cc2ccccc2)CC1)c1ccc2nc(-c3ccc(N4CCOCC4)nc3)sc2c1. The van der Waals surface area contributed by atoms with Gasteiger partial charge in [-0.25, -0.2) is 9.97 Å². The highest BCUT2D eigenvalue weighted by molar-refractivity contribution is 7.21. The van der Waals surface area contributed by atoms with Crippen molar-refractivity contribution in [2.45, 2.75) is 25.4 Å².